The van der Waals surface area contributed by atoms with Crippen LogP contribution in [0, 0.1) is 0 Å². The van der Waals surface area contributed by atoms with E-state index < -0.39 is 0 Å². The van der Waals surface area contributed by atoms with Crippen LogP contribution in [0.1, 0.15) is 6.42 Å². The molecule has 0 saturated heterocycles. The predicted molar refractivity (Wildman–Crippen MR) is 67.6 cm³/mol. The van der Waals surface area contributed by atoms with E-state index in [-0.39, 0.29) is 22.9 Å². The Kier molecular flexibility index (Phi) is 7.44. The van der Waals surface area contributed by atoms with Crippen LogP contribution in [0.3, 0.4) is 0 Å². The van der Waals surface area contributed by atoms with Crippen molar-refractivity contribution < 1.29 is 4.74 Å². The second-order valence-corrected chi connectivity index (χ2v) is 2.82. The molecule has 0 aromatic heterocycles. The molecule has 0 unspecified atom stereocenters. The van der Waals surface area contributed by atoms with Gasteiger partial charge in [-0.15, -0.1) is 17.0 Å². The third kappa shape index (κ3) is 6.79. The molecule has 0 aliphatic carbocycles. The third-order valence-corrected chi connectivity index (χ3v) is 1.61. The lowest BCUT2D eigenvalue weighted by Crippen LogP contribution is -2.23. The van der Waals surface area contributed by atoms with Crippen molar-refractivity contribution in [3.8, 4) is 5.75 Å². The maximum atomic E-state index is 5.44. The summed E-state index contributed by atoms with van der Waals surface area (Å²) in [5.74, 6) is 1.00. The van der Waals surface area contributed by atoms with E-state index in [1.54, 1.807) is 0 Å². The third-order valence-electron chi connectivity index (χ3n) is 1.61. The molecule has 0 aliphatic heterocycles. The van der Waals surface area contributed by atoms with E-state index in [1.807, 2.05) is 30.3 Å². The number of aliphatic imine (C=N–C) groups is 1. The molecule has 4 N–H and O–H groups in total. The number of nitrogens with zero attached hydrogens (tertiary/aromatic N) is 1. The Morgan fingerprint density at radius 2 is 1.87 bits per heavy atom. The topological polar surface area (TPSA) is 73.6 Å². The fraction of sp³-hybridized carbons (Fsp3) is 0.300. The van der Waals surface area contributed by atoms with Crippen LogP contribution in [0.2, 0.25) is 0 Å². The summed E-state index contributed by atoms with van der Waals surface area (Å²) in [7, 11) is 0. The minimum Gasteiger partial charge on any atom is -0.494 e. The highest BCUT2D eigenvalue weighted by Gasteiger charge is 1.90. The summed E-state index contributed by atoms with van der Waals surface area (Å²) in [5.41, 5.74) is 10.3. The molecule has 0 heterocycles. The summed E-state index contributed by atoms with van der Waals surface area (Å²) in [6, 6.07) is 9.66. The monoisotopic (exact) mass is 273 g/mol. The molecule has 15 heavy (non-hydrogen) atoms. The van der Waals surface area contributed by atoms with Gasteiger partial charge in [0.2, 0.25) is 0 Å². The molecule has 0 amide bonds. The van der Waals surface area contributed by atoms with Crippen LogP contribution < -0.4 is 16.2 Å². The number of para-hydroxylation sites is 1. The largest absolute Gasteiger partial charge is 0.494 e. The number of ether oxygens (including phenoxy) is 1. The lowest BCUT2D eigenvalue weighted by molar-refractivity contribution is 0.313. The van der Waals surface area contributed by atoms with E-state index in [0.717, 1.165) is 12.2 Å². The molecule has 1 aromatic rings. The van der Waals surface area contributed by atoms with E-state index in [9.17, 15) is 0 Å². The molecule has 0 saturated carbocycles. The first-order chi connectivity index (χ1) is 6.79. The Balaban J connectivity index is 0.00000196. The van der Waals surface area contributed by atoms with Crippen molar-refractivity contribution in [1.29, 1.82) is 0 Å². The van der Waals surface area contributed by atoms with Crippen LogP contribution in [0.4, 0.5) is 0 Å². The van der Waals surface area contributed by atoms with Crippen molar-refractivity contribution >= 4 is 22.9 Å². The number of hydrogen-bond donors (Lipinski definition) is 2. The lowest BCUT2D eigenvalue weighted by Gasteiger charge is -2.03. The minimum atomic E-state index is 0. The van der Waals surface area contributed by atoms with Gasteiger partial charge in [0.1, 0.15) is 5.75 Å². The summed E-state index contributed by atoms with van der Waals surface area (Å²) in [5, 5.41) is 0. The van der Waals surface area contributed by atoms with Crippen molar-refractivity contribution in [3.05, 3.63) is 30.3 Å². The molecule has 0 bridgehead atoms. The quantitative estimate of drug-likeness (QED) is 0.483. The minimum absolute atomic E-state index is 0. The molecule has 1 aromatic carbocycles. The van der Waals surface area contributed by atoms with Crippen LogP contribution in [-0.2, 0) is 0 Å². The molecule has 0 atom stereocenters. The lowest BCUT2D eigenvalue weighted by atomic mass is 10.3. The average Bonchev–Trinajstić information content (AvgIpc) is 2.18. The predicted octanol–water partition coefficient (Wildman–Crippen LogP) is 1.31. The standard InChI is InChI=1S/C10H15N3O.BrH/c11-10(12)13-7-4-8-14-9-5-2-1-3-6-9;/h1-3,5-6H,4,7-8H2,(H4,11,12,13);1H. The van der Waals surface area contributed by atoms with Crippen LogP contribution in [0.15, 0.2) is 35.3 Å². The van der Waals surface area contributed by atoms with E-state index >= 15 is 0 Å². The van der Waals surface area contributed by atoms with Crippen molar-refractivity contribution in [2.24, 2.45) is 16.5 Å². The SMILES string of the molecule is Br.NC(N)=NCCCOc1ccccc1. The van der Waals surface area contributed by atoms with Crippen LogP contribution in [0.25, 0.3) is 0 Å². The Morgan fingerprint density at radius 3 is 2.47 bits per heavy atom. The van der Waals surface area contributed by atoms with Gasteiger partial charge in [-0.05, 0) is 12.1 Å². The maximum Gasteiger partial charge on any atom is 0.185 e. The van der Waals surface area contributed by atoms with Crippen molar-refractivity contribution in [3.63, 3.8) is 0 Å². The molecule has 1 rings (SSSR count). The number of hydrogen-bond acceptors (Lipinski definition) is 2. The van der Waals surface area contributed by atoms with Gasteiger partial charge in [0.15, 0.2) is 5.96 Å². The van der Waals surface area contributed by atoms with Crippen molar-refractivity contribution in [1.82, 2.24) is 0 Å². The number of benzene rings is 1. The first-order valence-electron chi connectivity index (χ1n) is 4.52. The zero-order chi connectivity index (χ0) is 10.2. The highest BCUT2D eigenvalue weighted by atomic mass is 79.9. The second kappa shape index (κ2) is 8.11. The first kappa shape index (κ1) is 13.8. The fourth-order valence-corrected chi connectivity index (χ4v) is 0.979. The van der Waals surface area contributed by atoms with Gasteiger partial charge >= 0.3 is 0 Å². The van der Waals surface area contributed by atoms with Crippen LogP contribution in [0.5, 0.6) is 5.75 Å². The van der Waals surface area contributed by atoms with Gasteiger partial charge in [-0.3, -0.25) is 4.99 Å². The molecule has 0 radical (unpaired) electrons. The van der Waals surface area contributed by atoms with Crippen molar-refractivity contribution in [2.45, 2.75) is 6.42 Å². The Labute approximate surface area is 100 Å². The van der Waals surface area contributed by atoms with Crippen molar-refractivity contribution in [2.75, 3.05) is 13.2 Å². The molecule has 0 fully saturated rings. The highest BCUT2D eigenvalue weighted by Crippen LogP contribution is 2.08. The molecule has 84 valence electrons. The molecular weight excluding hydrogens is 258 g/mol. The number of halogens is 1. The number of guanidine groups is 1. The molecular formula is C10H16BrN3O. The molecule has 4 nitrogen and oxygen atoms in total. The fourth-order valence-electron chi connectivity index (χ4n) is 0.979. The summed E-state index contributed by atoms with van der Waals surface area (Å²) < 4.78 is 5.44. The summed E-state index contributed by atoms with van der Waals surface area (Å²) in [6.07, 6.45) is 0.812. The van der Waals surface area contributed by atoms with Gasteiger partial charge in [-0.1, -0.05) is 18.2 Å². The smallest absolute Gasteiger partial charge is 0.185 e. The van der Waals surface area contributed by atoms with E-state index in [1.165, 1.54) is 0 Å². The molecule has 0 spiro atoms. The van der Waals surface area contributed by atoms with Gasteiger partial charge in [0, 0.05) is 13.0 Å². The summed E-state index contributed by atoms with van der Waals surface area (Å²) >= 11 is 0. The number of rotatable bonds is 5. The Bertz CT molecular complexity index is 286. The van der Waals surface area contributed by atoms with Gasteiger partial charge in [0.25, 0.3) is 0 Å². The van der Waals surface area contributed by atoms with Gasteiger partial charge in [-0.2, -0.15) is 0 Å². The van der Waals surface area contributed by atoms with Crippen LogP contribution in [-0.4, -0.2) is 19.1 Å². The summed E-state index contributed by atoms with van der Waals surface area (Å²) in [4.78, 5) is 3.85. The molecule has 5 heteroatoms. The second-order valence-electron chi connectivity index (χ2n) is 2.82. The highest BCUT2D eigenvalue weighted by molar-refractivity contribution is 8.93. The maximum absolute atomic E-state index is 5.44. The zero-order valence-corrected chi connectivity index (χ0v) is 10.1. The summed E-state index contributed by atoms with van der Waals surface area (Å²) in [6.45, 7) is 1.23. The molecule has 0 aliphatic rings. The van der Waals surface area contributed by atoms with E-state index in [2.05, 4.69) is 4.99 Å². The zero-order valence-electron chi connectivity index (χ0n) is 8.43. The van der Waals surface area contributed by atoms with Gasteiger partial charge < -0.3 is 16.2 Å². The first-order valence-corrected chi connectivity index (χ1v) is 4.52. The normalized spacial score (nSPS) is 8.80. The Morgan fingerprint density at radius 1 is 1.20 bits per heavy atom. The van der Waals surface area contributed by atoms with Crippen LogP contribution >= 0.6 is 17.0 Å². The average molecular weight is 274 g/mol. The van der Waals surface area contributed by atoms with Gasteiger partial charge in [0.05, 0.1) is 6.61 Å². The van der Waals surface area contributed by atoms with E-state index in [4.69, 9.17) is 16.2 Å². The number of nitrogens with two attached hydrogens (primary N) is 2. The van der Waals surface area contributed by atoms with E-state index in [0.29, 0.717) is 13.2 Å². The van der Waals surface area contributed by atoms with Gasteiger partial charge in [-0.25, -0.2) is 0 Å². The Hall–Kier alpha value is -1.23.